The van der Waals surface area contributed by atoms with Gasteiger partial charge in [-0.1, -0.05) is 43.5 Å². The highest BCUT2D eigenvalue weighted by Crippen LogP contribution is 2.21. The van der Waals surface area contributed by atoms with Crippen molar-refractivity contribution in [2.45, 2.75) is 45.6 Å². The molecule has 0 atom stereocenters. The van der Waals surface area contributed by atoms with Crippen molar-refractivity contribution in [3.63, 3.8) is 0 Å². The van der Waals surface area contributed by atoms with Gasteiger partial charge in [-0.2, -0.15) is 0 Å². The van der Waals surface area contributed by atoms with Crippen LogP contribution in [0.15, 0.2) is 47.5 Å². The predicted molar refractivity (Wildman–Crippen MR) is 114 cm³/mol. The molecule has 0 aliphatic carbocycles. The molecule has 1 N–H and O–H groups in total. The Kier molecular flexibility index (Phi) is 6.10. The Morgan fingerprint density at radius 2 is 1.66 bits per heavy atom. The van der Waals surface area contributed by atoms with Gasteiger partial charge in [0.05, 0.1) is 11.4 Å². The Morgan fingerprint density at radius 3 is 2.38 bits per heavy atom. The highest BCUT2D eigenvalue weighted by molar-refractivity contribution is 5.62. The van der Waals surface area contributed by atoms with Crippen molar-refractivity contribution in [3.8, 4) is 22.8 Å². The Bertz CT molecular complexity index is 1000. The molecule has 1 fully saturated rings. The molecule has 0 radical (unpaired) electrons. The molecule has 1 aliphatic rings. The van der Waals surface area contributed by atoms with Gasteiger partial charge in [0.2, 0.25) is 0 Å². The Morgan fingerprint density at radius 1 is 0.966 bits per heavy atom. The van der Waals surface area contributed by atoms with Gasteiger partial charge in [-0.05, 0) is 38.4 Å². The normalized spacial score (nSPS) is 15.6. The van der Waals surface area contributed by atoms with Gasteiger partial charge >= 0.3 is 0 Å². The molecule has 3 aromatic rings. The van der Waals surface area contributed by atoms with Gasteiger partial charge in [0.1, 0.15) is 11.5 Å². The summed E-state index contributed by atoms with van der Waals surface area (Å²) in [5, 5.41) is 0. The molecular formula is C23H27N5O. The highest BCUT2D eigenvalue weighted by atomic mass is 16.1. The fourth-order valence-electron chi connectivity index (χ4n) is 3.87. The standard InChI is InChI=1S/C23H27N5O/c1-17-22(25-12-11-24-17)20-15-21(29)27-23(26-20)19-9-7-18(8-10-19)16-28-13-5-3-2-4-6-14-28/h7-12,15H,2-6,13-14,16H2,1H3,(H,26,27,29). The summed E-state index contributed by atoms with van der Waals surface area (Å²) in [6.07, 6.45) is 9.89. The average molecular weight is 390 g/mol. The molecule has 1 saturated heterocycles. The van der Waals surface area contributed by atoms with Crippen molar-refractivity contribution in [2.75, 3.05) is 13.1 Å². The molecule has 6 heteroatoms. The zero-order chi connectivity index (χ0) is 20.1. The second-order valence-corrected chi connectivity index (χ2v) is 7.71. The van der Waals surface area contributed by atoms with Gasteiger partial charge in [0.25, 0.3) is 5.56 Å². The number of hydrogen-bond donors (Lipinski definition) is 1. The monoisotopic (exact) mass is 389 g/mol. The van der Waals surface area contributed by atoms with Gasteiger partial charge in [-0.3, -0.25) is 19.7 Å². The van der Waals surface area contributed by atoms with E-state index >= 15 is 0 Å². The van der Waals surface area contributed by atoms with Crippen molar-refractivity contribution in [2.24, 2.45) is 0 Å². The second-order valence-electron chi connectivity index (χ2n) is 7.71. The van der Waals surface area contributed by atoms with Crippen molar-refractivity contribution in [1.29, 1.82) is 0 Å². The summed E-state index contributed by atoms with van der Waals surface area (Å²) in [6.45, 7) is 5.19. The number of benzene rings is 1. The van der Waals surface area contributed by atoms with Crippen LogP contribution in [0.2, 0.25) is 0 Å². The summed E-state index contributed by atoms with van der Waals surface area (Å²) < 4.78 is 0. The molecule has 1 aliphatic heterocycles. The van der Waals surface area contributed by atoms with Crippen LogP contribution < -0.4 is 5.56 Å². The maximum Gasteiger partial charge on any atom is 0.251 e. The SMILES string of the molecule is Cc1nccnc1-c1cc(=O)[nH]c(-c2ccc(CN3CCCCCCC3)cc2)n1. The number of rotatable bonds is 4. The number of hydrogen-bond acceptors (Lipinski definition) is 5. The van der Waals surface area contributed by atoms with E-state index in [0.29, 0.717) is 17.2 Å². The first-order chi connectivity index (χ1) is 14.2. The van der Waals surface area contributed by atoms with E-state index in [2.05, 4.69) is 37.0 Å². The lowest BCUT2D eigenvalue weighted by Crippen LogP contribution is -2.26. The molecule has 3 heterocycles. The quantitative estimate of drug-likeness (QED) is 0.731. The van der Waals surface area contributed by atoms with E-state index in [4.69, 9.17) is 0 Å². The molecule has 2 aromatic heterocycles. The zero-order valence-electron chi connectivity index (χ0n) is 16.9. The first-order valence-corrected chi connectivity index (χ1v) is 10.4. The lowest BCUT2D eigenvalue weighted by molar-refractivity contribution is 0.240. The van der Waals surface area contributed by atoms with Crippen LogP contribution in [0, 0.1) is 6.92 Å². The lowest BCUT2D eigenvalue weighted by atomic mass is 10.1. The number of likely N-dealkylation sites (tertiary alicyclic amines) is 1. The van der Waals surface area contributed by atoms with Gasteiger partial charge in [-0.15, -0.1) is 0 Å². The first kappa shape index (κ1) is 19.5. The topological polar surface area (TPSA) is 74.8 Å². The molecule has 29 heavy (non-hydrogen) atoms. The Balaban J connectivity index is 1.54. The highest BCUT2D eigenvalue weighted by Gasteiger charge is 2.11. The van der Waals surface area contributed by atoms with Gasteiger partial charge in [0, 0.05) is 30.6 Å². The van der Waals surface area contributed by atoms with Crippen LogP contribution in [0.1, 0.15) is 43.4 Å². The van der Waals surface area contributed by atoms with Crippen molar-refractivity contribution in [1.82, 2.24) is 24.8 Å². The van der Waals surface area contributed by atoms with E-state index < -0.39 is 0 Å². The third-order valence-corrected chi connectivity index (χ3v) is 5.45. The fourth-order valence-corrected chi connectivity index (χ4v) is 3.87. The minimum absolute atomic E-state index is 0.195. The first-order valence-electron chi connectivity index (χ1n) is 10.4. The number of nitrogens with zero attached hydrogens (tertiary/aromatic N) is 4. The summed E-state index contributed by atoms with van der Waals surface area (Å²) >= 11 is 0. The summed E-state index contributed by atoms with van der Waals surface area (Å²) in [5.74, 6) is 0.551. The van der Waals surface area contributed by atoms with E-state index in [1.165, 1.54) is 56.8 Å². The maximum atomic E-state index is 12.2. The number of H-pyrrole nitrogens is 1. The van der Waals surface area contributed by atoms with Crippen LogP contribution in [-0.4, -0.2) is 37.9 Å². The molecule has 1 aromatic carbocycles. The minimum atomic E-state index is -0.195. The van der Waals surface area contributed by atoms with Gasteiger partial charge < -0.3 is 4.98 Å². The van der Waals surface area contributed by atoms with Gasteiger partial charge in [0.15, 0.2) is 0 Å². The zero-order valence-corrected chi connectivity index (χ0v) is 16.9. The maximum absolute atomic E-state index is 12.2. The van der Waals surface area contributed by atoms with E-state index in [1.807, 2.05) is 19.1 Å². The number of aromatic nitrogens is 4. The van der Waals surface area contributed by atoms with Crippen molar-refractivity contribution >= 4 is 0 Å². The van der Waals surface area contributed by atoms with Crippen molar-refractivity contribution in [3.05, 3.63) is 64.3 Å². The average Bonchev–Trinajstić information content (AvgIpc) is 2.70. The largest absolute Gasteiger partial charge is 0.306 e. The summed E-state index contributed by atoms with van der Waals surface area (Å²) in [5.41, 5.74) is 3.91. The predicted octanol–water partition coefficient (Wildman–Crippen LogP) is 3.97. The van der Waals surface area contributed by atoms with Crippen molar-refractivity contribution < 1.29 is 0 Å². The van der Waals surface area contributed by atoms with Crippen LogP contribution in [-0.2, 0) is 6.54 Å². The molecular weight excluding hydrogens is 362 g/mol. The minimum Gasteiger partial charge on any atom is -0.306 e. The molecule has 0 bridgehead atoms. The van der Waals surface area contributed by atoms with Gasteiger partial charge in [-0.25, -0.2) is 4.98 Å². The Hall–Kier alpha value is -2.86. The van der Waals surface area contributed by atoms with E-state index in [1.54, 1.807) is 12.4 Å². The van der Waals surface area contributed by atoms with E-state index in [0.717, 1.165) is 17.8 Å². The molecule has 0 amide bonds. The third-order valence-electron chi connectivity index (χ3n) is 5.45. The summed E-state index contributed by atoms with van der Waals surface area (Å²) in [7, 11) is 0. The second kappa shape index (κ2) is 9.09. The lowest BCUT2D eigenvalue weighted by Gasteiger charge is -2.24. The van der Waals surface area contributed by atoms with Crippen LogP contribution in [0.5, 0.6) is 0 Å². The molecule has 0 spiro atoms. The smallest absolute Gasteiger partial charge is 0.251 e. The Labute approximate surface area is 171 Å². The third kappa shape index (κ3) is 4.95. The summed E-state index contributed by atoms with van der Waals surface area (Å²) in [6, 6.07) is 9.80. The van der Waals surface area contributed by atoms with E-state index in [9.17, 15) is 4.79 Å². The van der Waals surface area contributed by atoms with Crippen LogP contribution in [0.3, 0.4) is 0 Å². The van der Waals surface area contributed by atoms with Crippen LogP contribution in [0.25, 0.3) is 22.8 Å². The molecule has 6 nitrogen and oxygen atoms in total. The molecule has 0 saturated carbocycles. The summed E-state index contributed by atoms with van der Waals surface area (Å²) in [4.78, 5) is 30.8. The number of aryl methyl sites for hydroxylation is 1. The van der Waals surface area contributed by atoms with Crippen LogP contribution in [0.4, 0.5) is 0 Å². The molecule has 4 rings (SSSR count). The van der Waals surface area contributed by atoms with Crippen LogP contribution >= 0.6 is 0 Å². The number of aromatic amines is 1. The number of nitrogens with one attached hydrogen (secondary N) is 1. The van der Waals surface area contributed by atoms with E-state index in [-0.39, 0.29) is 5.56 Å². The molecule has 0 unspecified atom stereocenters. The molecule has 150 valence electrons. The fraction of sp³-hybridized carbons (Fsp3) is 0.391.